The monoisotopic (exact) mass is 250 g/mol. The van der Waals surface area contributed by atoms with Crippen molar-refractivity contribution in [2.24, 2.45) is 7.05 Å². The van der Waals surface area contributed by atoms with E-state index in [1.165, 1.54) is 11.4 Å². The zero-order valence-electron chi connectivity index (χ0n) is 12.3. The Kier molecular flexibility index (Phi) is 3.66. The average molecular weight is 250 g/mol. The maximum Gasteiger partial charge on any atom is 0.0855 e. The first kappa shape index (κ1) is 13.4. The summed E-state index contributed by atoms with van der Waals surface area (Å²) >= 11 is 0. The largest absolute Gasteiger partial charge is 0.363 e. The van der Waals surface area contributed by atoms with Gasteiger partial charge in [0.15, 0.2) is 0 Å². The molecule has 2 unspecified atom stereocenters. The van der Waals surface area contributed by atoms with Crippen LogP contribution in [0.4, 0.5) is 5.69 Å². The summed E-state index contributed by atoms with van der Waals surface area (Å²) in [6, 6.07) is 0.527. The molecule has 102 valence electrons. The van der Waals surface area contributed by atoms with Gasteiger partial charge >= 0.3 is 0 Å². The van der Waals surface area contributed by atoms with Crippen LogP contribution in [0.5, 0.6) is 0 Å². The lowest BCUT2D eigenvalue weighted by atomic mass is 9.93. The molecule has 4 nitrogen and oxygen atoms in total. The molecule has 2 atom stereocenters. The second kappa shape index (κ2) is 4.92. The van der Waals surface area contributed by atoms with Gasteiger partial charge < -0.3 is 10.2 Å². The minimum atomic E-state index is 0.216. The van der Waals surface area contributed by atoms with Crippen LogP contribution in [0.3, 0.4) is 0 Å². The van der Waals surface area contributed by atoms with Gasteiger partial charge in [0.25, 0.3) is 0 Å². The number of hydrogen-bond donors (Lipinski definition) is 1. The molecule has 1 aromatic rings. The predicted octanol–water partition coefficient (Wildman–Crippen LogP) is 1.95. The quantitative estimate of drug-likeness (QED) is 0.890. The van der Waals surface area contributed by atoms with E-state index in [-0.39, 0.29) is 5.54 Å². The number of nitrogens with zero attached hydrogens (tertiary/aromatic N) is 3. The second-order valence-electron chi connectivity index (χ2n) is 5.76. The Hall–Kier alpha value is -1.03. The standard InChI is InChI=1S/C14H26N4/c1-6-12-13(9-17(5)16-12)18-10-14(4,7-2)15-8-11(18)3/h9,11,15H,6-8,10H2,1-5H3. The van der Waals surface area contributed by atoms with Gasteiger partial charge in [-0.1, -0.05) is 13.8 Å². The van der Waals surface area contributed by atoms with Crippen LogP contribution in [-0.4, -0.2) is 34.5 Å². The number of aromatic nitrogens is 2. The highest BCUT2D eigenvalue weighted by molar-refractivity contribution is 5.51. The number of anilines is 1. The van der Waals surface area contributed by atoms with Crippen LogP contribution < -0.4 is 10.2 Å². The third-order valence-corrected chi connectivity index (χ3v) is 4.18. The first-order chi connectivity index (χ1) is 8.49. The van der Waals surface area contributed by atoms with E-state index in [2.05, 4.69) is 49.2 Å². The molecule has 1 N–H and O–H groups in total. The second-order valence-corrected chi connectivity index (χ2v) is 5.76. The first-order valence-corrected chi connectivity index (χ1v) is 7.03. The van der Waals surface area contributed by atoms with E-state index in [4.69, 9.17) is 0 Å². The highest BCUT2D eigenvalue weighted by atomic mass is 15.3. The third kappa shape index (κ3) is 2.39. The number of aryl methyl sites for hydroxylation is 2. The zero-order valence-corrected chi connectivity index (χ0v) is 12.3. The molecule has 1 aliphatic heterocycles. The van der Waals surface area contributed by atoms with Gasteiger partial charge in [-0.25, -0.2) is 0 Å². The van der Waals surface area contributed by atoms with Crippen LogP contribution in [0.15, 0.2) is 6.20 Å². The van der Waals surface area contributed by atoms with Gasteiger partial charge in [0, 0.05) is 37.9 Å². The van der Waals surface area contributed by atoms with Crippen LogP contribution >= 0.6 is 0 Å². The lowest BCUT2D eigenvalue weighted by Gasteiger charge is -2.46. The van der Waals surface area contributed by atoms with Gasteiger partial charge in [-0.05, 0) is 26.7 Å². The summed E-state index contributed by atoms with van der Waals surface area (Å²) in [7, 11) is 2.01. The van der Waals surface area contributed by atoms with E-state index < -0.39 is 0 Å². The van der Waals surface area contributed by atoms with Crippen LogP contribution in [-0.2, 0) is 13.5 Å². The van der Waals surface area contributed by atoms with E-state index in [1.807, 2.05) is 11.7 Å². The molecule has 0 bridgehead atoms. The molecule has 0 saturated carbocycles. The van der Waals surface area contributed by atoms with Crippen molar-refractivity contribution in [2.45, 2.75) is 52.1 Å². The minimum absolute atomic E-state index is 0.216. The summed E-state index contributed by atoms with van der Waals surface area (Å²) in [5.41, 5.74) is 2.74. The molecule has 4 heteroatoms. The molecule has 0 amide bonds. The van der Waals surface area contributed by atoms with Crippen molar-refractivity contribution in [3.8, 4) is 0 Å². The molecular formula is C14H26N4. The normalized spacial score (nSPS) is 28.7. The highest BCUT2D eigenvalue weighted by Crippen LogP contribution is 2.27. The number of piperazine rings is 1. The Morgan fingerprint density at radius 2 is 2.22 bits per heavy atom. The molecule has 0 aliphatic carbocycles. The Morgan fingerprint density at radius 3 is 2.83 bits per heavy atom. The Morgan fingerprint density at radius 1 is 1.50 bits per heavy atom. The van der Waals surface area contributed by atoms with Crippen molar-refractivity contribution >= 4 is 5.69 Å². The first-order valence-electron chi connectivity index (χ1n) is 7.03. The van der Waals surface area contributed by atoms with Crippen LogP contribution in [0, 0.1) is 0 Å². The van der Waals surface area contributed by atoms with Crippen LogP contribution in [0.2, 0.25) is 0 Å². The molecular weight excluding hydrogens is 224 g/mol. The minimum Gasteiger partial charge on any atom is -0.363 e. The fourth-order valence-corrected chi connectivity index (χ4v) is 2.67. The van der Waals surface area contributed by atoms with Gasteiger partial charge in [0.05, 0.1) is 11.4 Å². The summed E-state index contributed by atoms with van der Waals surface area (Å²) in [5, 5.41) is 8.24. The Balaban J connectivity index is 2.29. The molecule has 0 spiro atoms. The van der Waals surface area contributed by atoms with Gasteiger partial charge in [-0.3, -0.25) is 4.68 Å². The summed E-state index contributed by atoms with van der Waals surface area (Å²) in [5.74, 6) is 0. The van der Waals surface area contributed by atoms with Gasteiger partial charge in [0.2, 0.25) is 0 Å². The van der Waals surface area contributed by atoms with Gasteiger partial charge in [-0.15, -0.1) is 0 Å². The molecule has 1 fully saturated rings. The molecule has 1 aromatic heterocycles. The van der Waals surface area contributed by atoms with E-state index >= 15 is 0 Å². The summed E-state index contributed by atoms with van der Waals surface area (Å²) in [6.45, 7) is 11.1. The van der Waals surface area contributed by atoms with Crippen LogP contribution in [0.1, 0.15) is 39.8 Å². The smallest absolute Gasteiger partial charge is 0.0855 e. The predicted molar refractivity (Wildman–Crippen MR) is 76.1 cm³/mol. The number of nitrogens with one attached hydrogen (secondary N) is 1. The van der Waals surface area contributed by atoms with Crippen molar-refractivity contribution < 1.29 is 0 Å². The lowest BCUT2D eigenvalue weighted by molar-refractivity contribution is 0.285. The Bertz CT molecular complexity index is 412. The summed E-state index contributed by atoms with van der Waals surface area (Å²) in [4.78, 5) is 2.52. The number of hydrogen-bond acceptors (Lipinski definition) is 3. The molecule has 1 aliphatic rings. The van der Waals surface area contributed by atoms with Gasteiger partial charge in [0.1, 0.15) is 0 Å². The van der Waals surface area contributed by atoms with Crippen LogP contribution in [0.25, 0.3) is 0 Å². The van der Waals surface area contributed by atoms with E-state index in [0.29, 0.717) is 6.04 Å². The van der Waals surface area contributed by atoms with Crippen molar-refractivity contribution in [3.05, 3.63) is 11.9 Å². The van der Waals surface area contributed by atoms with Gasteiger partial charge in [-0.2, -0.15) is 5.10 Å². The summed E-state index contributed by atoms with van der Waals surface area (Å²) in [6.07, 6.45) is 4.31. The fourth-order valence-electron chi connectivity index (χ4n) is 2.67. The van der Waals surface area contributed by atoms with Crippen molar-refractivity contribution in [3.63, 3.8) is 0 Å². The maximum absolute atomic E-state index is 4.57. The molecule has 2 rings (SSSR count). The topological polar surface area (TPSA) is 33.1 Å². The van der Waals surface area contributed by atoms with Crippen molar-refractivity contribution in [1.82, 2.24) is 15.1 Å². The van der Waals surface area contributed by atoms with E-state index in [1.54, 1.807) is 0 Å². The third-order valence-electron chi connectivity index (χ3n) is 4.18. The maximum atomic E-state index is 4.57. The van der Waals surface area contributed by atoms with E-state index in [0.717, 1.165) is 25.9 Å². The molecule has 18 heavy (non-hydrogen) atoms. The van der Waals surface area contributed by atoms with Crippen molar-refractivity contribution in [2.75, 3.05) is 18.0 Å². The summed E-state index contributed by atoms with van der Waals surface area (Å²) < 4.78 is 1.94. The highest BCUT2D eigenvalue weighted by Gasteiger charge is 2.34. The molecule has 0 aromatic carbocycles. The zero-order chi connectivity index (χ0) is 13.3. The fraction of sp³-hybridized carbons (Fsp3) is 0.786. The SMILES string of the molecule is CCc1nn(C)cc1N1CC(C)(CC)NCC1C. The lowest BCUT2D eigenvalue weighted by Crippen LogP contribution is -2.62. The molecule has 1 saturated heterocycles. The van der Waals surface area contributed by atoms with Crippen molar-refractivity contribution in [1.29, 1.82) is 0 Å². The Labute approximate surface area is 110 Å². The van der Waals surface area contributed by atoms with E-state index in [9.17, 15) is 0 Å². The number of rotatable bonds is 3. The average Bonchev–Trinajstić information content (AvgIpc) is 2.74. The molecule has 0 radical (unpaired) electrons. The molecule has 2 heterocycles.